The zero-order valence-corrected chi connectivity index (χ0v) is 24.7. The summed E-state index contributed by atoms with van der Waals surface area (Å²) in [6, 6.07) is 6.91. The summed E-state index contributed by atoms with van der Waals surface area (Å²) in [6.07, 6.45) is 16.5. The summed E-state index contributed by atoms with van der Waals surface area (Å²) in [7, 11) is 0. The predicted octanol–water partition coefficient (Wildman–Crippen LogP) is 4.25. The van der Waals surface area contributed by atoms with E-state index in [0.717, 1.165) is 56.2 Å². The molecule has 3 N–H and O–H groups in total. The molecule has 1 unspecified atom stereocenters. The Morgan fingerprint density at radius 3 is 2.47 bits per heavy atom. The average molecular weight is 584 g/mol. The first-order chi connectivity index (χ1) is 21.0. The van der Waals surface area contributed by atoms with Gasteiger partial charge < -0.3 is 15.5 Å². The molecule has 4 atom stereocenters. The second-order valence-electron chi connectivity index (χ2n) is 12.2. The van der Waals surface area contributed by atoms with Gasteiger partial charge in [-0.25, -0.2) is 4.98 Å². The van der Waals surface area contributed by atoms with Gasteiger partial charge in [-0.2, -0.15) is 0 Å². The molecule has 0 saturated heterocycles. The van der Waals surface area contributed by atoms with E-state index >= 15 is 0 Å². The van der Waals surface area contributed by atoms with Crippen molar-refractivity contribution in [3.8, 4) is 11.3 Å². The third kappa shape index (κ3) is 6.60. The fourth-order valence-electron chi connectivity index (χ4n) is 6.48. The molecular weight excluding hydrogens is 542 g/mol. The molecule has 1 amide bonds. The van der Waals surface area contributed by atoms with Crippen LogP contribution in [0.4, 0.5) is 0 Å². The molecule has 2 saturated carbocycles. The molecule has 4 aromatic heterocycles. The zero-order chi connectivity index (χ0) is 29.8. The third-order valence-corrected chi connectivity index (χ3v) is 8.98. The minimum atomic E-state index is -1.04. The second kappa shape index (κ2) is 13.3. The van der Waals surface area contributed by atoms with Crippen LogP contribution in [-0.2, 0) is 11.2 Å². The van der Waals surface area contributed by atoms with E-state index in [0.29, 0.717) is 41.5 Å². The number of rotatable bonds is 12. The van der Waals surface area contributed by atoms with Gasteiger partial charge >= 0.3 is 0 Å². The number of aromatic nitrogens is 6. The number of fused-ring (bicyclic) bond motifs is 1. The summed E-state index contributed by atoms with van der Waals surface area (Å²) in [5.74, 6) is -0.219. The maximum Gasteiger partial charge on any atom is 0.235 e. The van der Waals surface area contributed by atoms with Crippen LogP contribution in [0.1, 0.15) is 87.7 Å². The van der Waals surface area contributed by atoms with E-state index in [1.807, 2.05) is 28.8 Å². The Morgan fingerprint density at radius 1 is 1.02 bits per heavy atom. The molecule has 10 nitrogen and oxygen atoms in total. The van der Waals surface area contributed by atoms with Crippen molar-refractivity contribution in [3.05, 3.63) is 72.3 Å². The van der Waals surface area contributed by atoms with Crippen LogP contribution in [-0.4, -0.2) is 63.9 Å². The lowest BCUT2D eigenvalue weighted by Crippen LogP contribution is -2.51. The molecule has 0 aliphatic heterocycles. The van der Waals surface area contributed by atoms with Crippen molar-refractivity contribution in [1.29, 1.82) is 0 Å². The van der Waals surface area contributed by atoms with E-state index < -0.39 is 24.2 Å². The van der Waals surface area contributed by atoms with Crippen LogP contribution in [0, 0.1) is 11.8 Å². The van der Waals surface area contributed by atoms with Gasteiger partial charge in [0.15, 0.2) is 11.5 Å². The van der Waals surface area contributed by atoms with Crippen LogP contribution < -0.4 is 5.32 Å². The topological polar surface area (TPSA) is 138 Å². The molecule has 6 rings (SSSR count). The number of nitrogens with zero attached hydrogens (tertiary/aromatic N) is 6. The minimum absolute atomic E-state index is 0.0886. The van der Waals surface area contributed by atoms with Crippen molar-refractivity contribution in [3.63, 3.8) is 0 Å². The van der Waals surface area contributed by atoms with Crippen LogP contribution in [0.2, 0.25) is 0 Å². The van der Waals surface area contributed by atoms with Gasteiger partial charge in [0, 0.05) is 36.5 Å². The van der Waals surface area contributed by atoms with Gasteiger partial charge in [0.25, 0.3) is 0 Å². The van der Waals surface area contributed by atoms with Crippen molar-refractivity contribution in [2.75, 3.05) is 0 Å². The van der Waals surface area contributed by atoms with Crippen molar-refractivity contribution in [2.45, 2.75) is 95.3 Å². The first-order valence-electron chi connectivity index (χ1n) is 15.7. The number of aryl methyl sites for hydroxylation is 1. The second-order valence-corrected chi connectivity index (χ2v) is 12.2. The largest absolute Gasteiger partial charge is 0.390 e. The van der Waals surface area contributed by atoms with E-state index in [-0.39, 0.29) is 11.8 Å². The summed E-state index contributed by atoms with van der Waals surface area (Å²) in [6.45, 7) is 2.09. The Balaban J connectivity index is 1.39. The Labute approximate surface area is 252 Å². The van der Waals surface area contributed by atoms with Gasteiger partial charge in [-0.05, 0) is 61.3 Å². The van der Waals surface area contributed by atoms with Crippen LogP contribution in [0.25, 0.3) is 16.9 Å². The molecule has 0 radical (unpaired) electrons. The van der Waals surface area contributed by atoms with Crippen molar-refractivity contribution < 1.29 is 15.0 Å². The number of carbonyl (C=O) groups is 1. The van der Waals surface area contributed by atoms with Gasteiger partial charge in [0.05, 0.1) is 23.5 Å². The number of hydrogen-bond acceptors (Lipinski definition) is 8. The molecule has 2 aliphatic carbocycles. The van der Waals surface area contributed by atoms with Crippen LogP contribution in [0.15, 0.2) is 55.2 Å². The number of carbonyl (C=O) groups excluding carboxylic acids is 1. The molecule has 4 heterocycles. The van der Waals surface area contributed by atoms with Gasteiger partial charge in [-0.1, -0.05) is 51.5 Å². The van der Waals surface area contributed by atoms with Crippen LogP contribution in [0.3, 0.4) is 0 Å². The lowest BCUT2D eigenvalue weighted by Gasteiger charge is -2.33. The highest BCUT2D eigenvalue weighted by Crippen LogP contribution is 2.36. The van der Waals surface area contributed by atoms with E-state index in [4.69, 9.17) is 4.98 Å². The Morgan fingerprint density at radius 2 is 1.79 bits per heavy atom. The smallest absolute Gasteiger partial charge is 0.235 e. The zero-order valence-electron chi connectivity index (χ0n) is 24.7. The summed E-state index contributed by atoms with van der Waals surface area (Å²) < 4.78 is 1.86. The van der Waals surface area contributed by atoms with E-state index in [9.17, 15) is 15.0 Å². The van der Waals surface area contributed by atoms with Crippen molar-refractivity contribution >= 4 is 11.6 Å². The summed E-state index contributed by atoms with van der Waals surface area (Å²) in [5, 5.41) is 34.5. The van der Waals surface area contributed by atoms with Gasteiger partial charge in [0.1, 0.15) is 12.0 Å². The Kier molecular flexibility index (Phi) is 9.04. The number of aliphatic hydroxyl groups is 2. The van der Waals surface area contributed by atoms with Crippen LogP contribution in [0.5, 0.6) is 0 Å². The SMILES string of the molecule is CCCc1nc(-c2cccnc2)cn2c(C(C(=O)N[C@@H](CC3CCCCC3)[C@@H](O)[C@@H](O)C3CC3)c3cccnc3)nnc12. The Hall–Kier alpha value is -3.76. The highest BCUT2D eigenvalue weighted by Gasteiger charge is 2.40. The summed E-state index contributed by atoms with van der Waals surface area (Å²) in [5.41, 5.74) is 3.64. The van der Waals surface area contributed by atoms with Gasteiger partial charge in [-0.3, -0.25) is 19.2 Å². The number of aliphatic hydroxyl groups excluding tert-OH is 2. The standard InChI is InChI=1S/C33H41N7O3/c1-2-8-25-31-38-39-32(40(31)20-27(36-25)23-11-6-15-34-18-23)28(24-12-7-16-35-19-24)33(43)37-26(17-21-9-4-3-5-10-21)30(42)29(41)22-13-14-22/h6-7,11-12,15-16,18-22,26,28-30,41-42H,2-5,8-10,13-14,17H2,1H3,(H,37,43)/t26-,28?,29-,30+/m0/s1. The summed E-state index contributed by atoms with van der Waals surface area (Å²) >= 11 is 0. The van der Waals surface area contributed by atoms with Crippen molar-refractivity contribution in [1.82, 2.24) is 34.9 Å². The molecule has 0 aromatic carbocycles. The number of amides is 1. The van der Waals surface area contributed by atoms with Crippen LogP contribution >= 0.6 is 0 Å². The van der Waals surface area contributed by atoms with Crippen molar-refractivity contribution in [2.24, 2.45) is 11.8 Å². The first kappa shape index (κ1) is 29.3. The maximum atomic E-state index is 14.4. The molecule has 0 bridgehead atoms. The average Bonchev–Trinajstić information content (AvgIpc) is 3.82. The normalized spacial score (nSPS) is 18.7. The first-order valence-corrected chi connectivity index (χ1v) is 15.7. The molecule has 226 valence electrons. The summed E-state index contributed by atoms with van der Waals surface area (Å²) in [4.78, 5) is 27.8. The maximum absolute atomic E-state index is 14.4. The van der Waals surface area contributed by atoms with E-state index in [1.54, 1.807) is 30.9 Å². The predicted molar refractivity (Wildman–Crippen MR) is 162 cm³/mol. The molecule has 2 fully saturated rings. The molecule has 2 aliphatic rings. The highest BCUT2D eigenvalue weighted by atomic mass is 16.3. The molecule has 4 aromatic rings. The van der Waals surface area contributed by atoms with Gasteiger partial charge in [0.2, 0.25) is 5.91 Å². The fraction of sp³-hybridized carbons (Fsp3) is 0.515. The lowest BCUT2D eigenvalue weighted by atomic mass is 9.82. The molecular formula is C33H41N7O3. The Bertz CT molecular complexity index is 1500. The van der Waals surface area contributed by atoms with Gasteiger partial charge in [-0.15, -0.1) is 10.2 Å². The minimum Gasteiger partial charge on any atom is -0.390 e. The molecule has 43 heavy (non-hydrogen) atoms. The fourth-order valence-corrected chi connectivity index (χ4v) is 6.48. The number of hydrogen-bond donors (Lipinski definition) is 3. The lowest BCUT2D eigenvalue weighted by molar-refractivity contribution is -0.124. The number of nitrogens with one attached hydrogen (secondary N) is 1. The molecule has 10 heteroatoms. The monoisotopic (exact) mass is 583 g/mol. The third-order valence-electron chi connectivity index (χ3n) is 8.98. The highest BCUT2D eigenvalue weighted by molar-refractivity contribution is 5.86. The molecule has 0 spiro atoms. The van der Waals surface area contributed by atoms with E-state index in [1.165, 1.54) is 6.42 Å². The number of pyridine rings is 2. The van der Waals surface area contributed by atoms with E-state index in [2.05, 4.69) is 32.4 Å². The quantitative estimate of drug-likeness (QED) is 0.225.